The van der Waals surface area contributed by atoms with Gasteiger partial charge in [0, 0.05) is 26.9 Å². The summed E-state index contributed by atoms with van der Waals surface area (Å²) in [5.74, 6) is 0.211. The first-order chi connectivity index (χ1) is 10.8. The normalized spacial score (nSPS) is 12.9. The van der Waals surface area contributed by atoms with Crippen LogP contribution in [0.1, 0.15) is 48.4 Å². The number of hydrogen-bond donors (Lipinski definition) is 0. The van der Waals surface area contributed by atoms with E-state index >= 15 is 0 Å². The van der Waals surface area contributed by atoms with E-state index in [2.05, 4.69) is 23.9 Å². The molecule has 2 aromatic rings. The van der Waals surface area contributed by atoms with Gasteiger partial charge < -0.3 is 9.64 Å². The Bertz CT molecular complexity index is 721. The molecule has 0 N–H and O–H groups in total. The molecule has 0 aliphatic carbocycles. The first kappa shape index (κ1) is 17.4. The van der Waals surface area contributed by atoms with Gasteiger partial charge in [0.2, 0.25) is 0 Å². The fourth-order valence-corrected chi connectivity index (χ4v) is 2.67. The Morgan fingerprint density at radius 3 is 2.61 bits per heavy atom. The summed E-state index contributed by atoms with van der Waals surface area (Å²) in [5.41, 5.74) is 3.14. The number of fused-ring (bicyclic) bond motifs is 1. The number of carbonyl (C=O) groups is 1. The highest BCUT2D eigenvalue weighted by atomic mass is 16.5. The smallest absolute Gasteiger partial charge is 0.254 e. The van der Waals surface area contributed by atoms with Gasteiger partial charge in [0.05, 0.1) is 29.3 Å². The van der Waals surface area contributed by atoms with Crippen LogP contribution < -0.4 is 0 Å². The van der Waals surface area contributed by atoms with Crippen molar-refractivity contribution in [1.82, 2.24) is 19.7 Å². The number of hydrogen-bond acceptors (Lipinski definition) is 4. The Labute approximate surface area is 137 Å². The average Bonchev–Trinajstić information content (AvgIpc) is 2.80. The standard InChI is InChI=1S/C17H26N4O2/c1-10(2)14-8-13(17(22)20(5)11(3)9-23-7)15-12(4)19-21(6)16(15)18-14/h8,10-11H,9H2,1-7H3/t11-/m0/s1. The van der Waals surface area contributed by atoms with E-state index in [1.165, 1.54) is 0 Å². The molecule has 2 rings (SSSR count). The molecule has 0 bridgehead atoms. The Morgan fingerprint density at radius 2 is 2.04 bits per heavy atom. The van der Waals surface area contributed by atoms with E-state index < -0.39 is 0 Å². The minimum absolute atomic E-state index is 0.00445. The summed E-state index contributed by atoms with van der Waals surface area (Å²) in [6.45, 7) is 8.53. The van der Waals surface area contributed by atoms with Gasteiger partial charge in [0.1, 0.15) is 0 Å². The number of carbonyl (C=O) groups excluding carboxylic acids is 1. The fourth-order valence-electron chi connectivity index (χ4n) is 2.67. The van der Waals surface area contributed by atoms with Crippen LogP contribution in [0.15, 0.2) is 6.07 Å². The second-order valence-electron chi connectivity index (χ2n) is 6.38. The van der Waals surface area contributed by atoms with Crippen molar-refractivity contribution in [2.45, 2.75) is 39.7 Å². The molecule has 0 fully saturated rings. The third-order valence-corrected chi connectivity index (χ3v) is 4.20. The maximum absolute atomic E-state index is 13.0. The molecule has 0 saturated heterocycles. The van der Waals surface area contributed by atoms with Crippen molar-refractivity contribution in [3.05, 3.63) is 23.0 Å². The van der Waals surface area contributed by atoms with E-state index in [-0.39, 0.29) is 17.9 Å². The number of ether oxygens (including phenoxy) is 1. The predicted molar refractivity (Wildman–Crippen MR) is 90.8 cm³/mol. The van der Waals surface area contributed by atoms with Gasteiger partial charge in [-0.2, -0.15) is 5.10 Å². The molecule has 6 heteroatoms. The highest BCUT2D eigenvalue weighted by Crippen LogP contribution is 2.26. The van der Waals surface area contributed by atoms with Crippen LogP contribution in [0.4, 0.5) is 0 Å². The van der Waals surface area contributed by atoms with Crippen LogP contribution in [-0.2, 0) is 11.8 Å². The lowest BCUT2D eigenvalue weighted by Gasteiger charge is -2.25. The third kappa shape index (κ3) is 3.22. The SMILES string of the molecule is COC[C@H](C)N(C)C(=O)c1cc(C(C)C)nc2c1c(C)nn2C. The van der Waals surface area contributed by atoms with E-state index in [9.17, 15) is 4.79 Å². The number of aryl methyl sites for hydroxylation is 2. The first-order valence-electron chi connectivity index (χ1n) is 7.88. The topological polar surface area (TPSA) is 60.2 Å². The maximum atomic E-state index is 13.0. The average molecular weight is 318 g/mol. The van der Waals surface area contributed by atoms with Crippen LogP contribution in [-0.4, -0.2) is 52.4 Å². The van der Waals surface area contributed by atoms with E-state index in [1.807, 2.05) is 27.0 Å². The summed E-state index contributed by atoms with van der Waals surface area (Å²) in [7, 11) is 5.30. The maximum Gasteiger partial charge on any atom is 0.254 e. The van der Waals surface area contributed by atoms with Crippen molar-refractivity contribution in [1.29, 1.82) is 0 Å². The predicted octanol–water partition coefficient (Wildman–Crippen LogP) is 2.51. The third-order valence-electron chi connectivity index (χ3n) is 4.20. The van der Waals surface area contributed by atoms with Crippen molar-refractivity contribution in [3.8, 4) is 0 Å². The van der Waals surface area contributed by atoms with Crippen molar-refractivity contribution < 1.29 is 9.53 Å². The Kier molecular flexibility index (Phi) is 5.04. The summed E-state index contributed by atoms with van der Waals surface area (Å²) < 4.78 is 6.91. The van der Waals surface area contributed by atoms with Crippen LogP contribution in [0.5, 0.6) is 0 Å². The molecular formula is C17H26N4O2. The van der Waals surface area contributed by atoms with Crippen LogP contribution in [0.2, 0.25) is 0 Å². The number of pyridine rings is 1. The van der Waals surface area contributed by atoms with Crippen LogP contribution in [0, 0.1) is 6.92 Å². The minimum atomic E-state index is -0.0278. The summed E-state index contributed by atoms with van der Waals surface area (Å²) in [4.78, 5) is 19.4. The van der Waals surface area contributed by atoms with Gasteiger partial charge in [-0.1, -0.05) is 13.8 Å². The zero-order chi connectivity index (χ0) is 17.3. The number of likely N-dealkylation sites (N-methyl/N-ethyl adjacent to an activating group) is 1. The molecular weight excluding hydrogens is 292 g/mol. The molecule has 1 atom stereocenters. The zero-order valence-electron chi connectivity index (χ0n) is 15.0. The molecule has 0 unspecified atom stereocenters. The Morgan fingerprint density at radius 1 is 1.39 bits per heavy atom. The van der Waals surface area contributed by atoms with Crippen LogP contribution >= 0.6 is 0 Å². The number of aromatic nitrogens is 3. The van der Waals surface area contributed by atoms with Crippen molar-refractivity contribution in [3.63, 3.8) is 0 Å². The summed E-state index contributed by atoms with van der Waals surface area (Å²) >= 11 is 0. The van der Waals surface area contributed by atoms with Crippen molar-refractivity contribution in [2.75, 3.05) is 20.8 Å². The number of amides is 1. The van der Waals surface area contributed by atoms with Crippen molar-refractivity contribution >= 4 is 16.9 Å². The van der Waals surface area contributed by atoms with E-state index in [1.54, 1.807) is 23.7 Å². The Hall–Kier alpha value is -1.95. The van der Waals surface area contributed by atoms with Crippen LogP contribution in [0.3, 0.4) is 0 Å². The Balaban J connectivity index is 2.60. The molecule has 126 valence electrons. The second-order valence-corrected chi connectivity index (χ2v) is 6.38. The highest BCUT2D eigenvalue weighted by Gasteiger charge is 2.24. The van der Waals surface area contributed by atoms with Crippen LogP contribution in [0.25, 0.3) is 11.0 Å². The first-order valence-corrected chi connectivity index (χ1v) is 7.88. The van der Waals surface area contributed by atoms with Gasteiger partial charge in [-0.05, 0) is 25.8 Å². The highest BCUT2D eigenvalue weighted by molar-refractivity contribution is 6.06. The van der Waals surface area contributed by atoms with Gasteiger partial charge in [-0.3, -0.25) is 9.48 Å². The largest absolute Gasteiger partial charge is 0.383 e. The van der Waals surface area contributed by atoms with E-state index in [4.69, 9.17) is 4.74 Å². The molecule has 23 heavy (non-hydrogen) atoms. The molecule has 2 heterocycles. The lowest BCUT2D eigenvalue weighted by molar-refractivity contribution is 0.0635. The molecule has 2 aromatic heterocycles. The van der Waals surface area contributed by atoms with Gasteiger partial charge in [-0.25, -0.2) is 4.98 Å². The number of nitrogens with zero attached hydrogens (tertiary/aromatic N) is 4. The lowest BCUT2D eigenvalue weighted by Crippen LogP contribution is -2.38. The molecule has 0 aromatic carbocycles. The number of methoxy groups -OCH3 is 1. The van der Waals surface area contributed by atoms with Gasteiger partial charge in [-0.15, -0.1) is 0 Å². The van der Waals surface area contributed by atoms with Gasteiger partial charge in [0.25, 0.3) is 5.91 Å². The van der Waals surface area contributed by atoms with E-state index in [0.29, 0.717) is 12.2 Å². The molecule has 6 nitrogen and oxygen atoms in total. The summed E-state index contributed by atoms with van der Waals surface area (Å²) in [5, 5.41) is 5.26. The molecule has 0 aliphatic rings. The van der Waals surface area contributed by atoms with Crippen molar-refractivity contribution in [2.24, 2.45) is 7.05 Å². The molecule has 0 spiro atoms. The molecule has 0 aliphatic heterocycles. The zero-order valence-corrected chi connectivity index (χ0v) is 15.0. The molecule has 0 saturated carbocycles. The lowest BCUT2D eigenvalue weighted by atomic mass is 10.0. The molecule has 1 amide bonds. The van der Waals surface area contributed by atoms with Gasteiger partial charge >= 0.3 is 0 Å². The van der Waals surface area contributed by atoms with E-state index in [0.717, 1.165) is 22.4 Å². The molecule has 0 radical (unpaired) electrons. The second kappa shape index (κ2) is 6.66. The minimum Gasteiger partial charge on any atom is -0.383 e. The number of rotatable bonds is 5. The summed E-state index contributed by atoms with van der Waals surface area (Å²) in [6.07, 6.45) is 0. The summed E-state index contributed by atoms with van der Waals surface area (Å²) in [6, 6.07) is 1.90. The monoisotopic (exact) mass is 318 g/mol. The van der Waals surface area contributed by atoms with Gasteiger partial charge in [0.15, 0.2) is 5.65 Å². The fraction of sp³-hybridized carbons (Fsp3) is 0.588. The quantitative estimate of drug-likeness (QED) is 0.850.